The molecule has 0 spiro atoms. The molecule has 0 unspecified atom stereocenters. The van der Waals surface area contributed by atoms with Crippen LogP contribution in [0.25, 0.3) is 10.8 Å². The molecule has 0 aliphatic carbocycles. The number of benzene rings is 3. The molecule has 0 aliphatic rings. The van der Waals surface area contributed by atoms with Crippen molar-refractivity contribution in [3.8, 4) is 5.75 Å². The fourth-order valence-corrected chi connectivity index (χ4v) is 2.98. The van der Waals surface area contributed by atoms with Crippen LogP contribution in [0.4, 0.5) is 5.69 Å². The zero-order valence-corrected chi connectivity index (χ0v) is 16.2. The second kappa shape index (κ2) is 8.57. The van der Waals surface area contributed by atoms with Gasteiger partial charge in [0.2, 0.25) is 0 Å². The van der Waals surface area contributed by atoms with Crippen molar-refractivity contribution in [3.63, 3.8) is 0 Å². The smallest absolute Gasteiger partial charge is 0.338 e. The van der Waals surface area contributed by atoms with Gasteiger partial charge < -0.3 is 14.8 Å². The van der Waals surface area contributed by atoms with Crippen LogP contribution in [0.2, 0.25) is 0 Å². The summed E-state index contributed by atoms with van der Waals surface area (Å²) in [7, 11) is 0. The van der Waals surface area contributed by atoms with E-state index in [0.29, 0.717) is 29.2 Å². The Kier molecular flexibility index (Phi) is 5.94. The van der Waals surface area contributed by atoms with E-state index in [4.69, 9.17) is 9.47 Å². The van der Waals surface area contributed by atoms with Gasteiger partial charge in [-0.15, -0.1) is 0 Å². The minimum atomic E-state index is -0.712. The Morgan fingerprint density at radius 1 is 1.00 bits per heavy atom. The van der Waals surface area contributed by atoms with Gasteiger partial charge in [0.15, 0.2) is 6.10 Å². The fraction of sp³-hybridized carbons (Fsp3) is 0.217. The highest BCUT2D eigenvalue weighted by molar-refractivity contribution is 5.98. The Balaban J connectivity index is 1.76. The van der Waals surface area contributed by atoms with E-state index in [-0.39, 0.29) is 5.91 Å². The average Bonchev–Trinajstić information content (AvgIpc) is 2.70. The lowest BCUT2D eigenvalue weighted by Gasteiger charge is -2.17. The third kappa shape index (κ3) is 4.14. The third-order valence-electron chi connectivity index (χ3n) is 4.51. The Hall–Kier alpha value is -3.34. The van der Waals surface area contributed by atoms with Gasteiger partial charge in [0.25, 0.3) is 5.91 Å². The van der Waals surface area contributed by atoms with E-state index in [1.54, 1.807) is 39.0 Å². The van der Waals surface area contributed by atoms with Gasteiger partial charge in [0, 0.05) is 11.1 Å². The summed E-state index contributed by atoms with van der Waals surface area (Å²) in [6.07, 6.45) is -0.712. The first-order valence-electron chi connectivity index (χ1n) is 9.23. The molecular weight excluding hydrogens is 354 g/mol. The molecule has 3 rings (SSSR count). The maximum absolute atomic E-state index is 12.7. The molecule has 0 aliphatic heterocycles. The minimum Gasteiger partial charge on any atom is -0.480 e. The molecule has 0 saturated carbocycles. The average molecular weight is 377 g/mol. The molecule has 5 heteroatoms. The SMILES string of the molecule is CCOC(=O)c1cccc(NC(=O)[C@H](C)Oc2cccc3ccccc23)c1C. The second-order valence-corrected chi connectivity index (χ2v) is 6.43. The highest BCUT2D eigenvalue weighted by atomic mass is 16.5. The maximum atomic E-state index is 12.7. The van der Waals surface area contributed by atoms with Crippen LogP contribution in [0.3, 0.4) is 0 Å². The number of anilines is 1. The molecule has 0 aromatic heterocycles. The van der Waals surface area contributed by atoms with Crippen molar-refractivity contribution in [1.82, 2.24) is 0 Å². The summed E-state index contributed by atoms with van der Waals surface area (Å²) in [5, 5.41) is 4.84. The summed E-state index contributed by atoms with van der Waals surface area (Å²) in [6.45, 7) is 5.52. The lowest BCUT2D eigenvalue weighted by molar-refractivity contribution is -0.122. The predicted molar refractivity (Wildman–Crippen MR) is 110 cm³/mol. The minimum absolute atomic E-state index is 0.294. The molecule has 28 heavy (non-hydrogen) atoms. The first-order valence-corrected chi connectivity index (χ1v) is 9.23. The summed E-state index contributed by atoms with van der Waals surface area (Å²) in [5.74, 6) is -0.0501. The first kappa shape index (κ1) is 19.4. The molecular formula is C23H23NO4. The van der Waals surface area contributed by atoms with Crippen LogP contribution in [0.15, 0.2) is 60.7 Å². The molecule has 144 valence electrons. The topological polar surface area (TPSA) is 64.6 Å². The molecule has 3 aromatic rings. The number of esters is 1. The zero-order chi connectivity index (χ0) is 20.1. The Labute approximate surface area is 164 Å². The Morgan fingerprint density at radius 2 is 1.71 bits per heavy atom. The molecule has 1 atom stereocenters. The molecule has 0 radical (unpaired) electrons. The van der Waals surface area contributed by atoms with Gasteiger partial charge in [-0.25, -0.2) is 4.79 Å². The number of rotatable bonds is 6. The zero-order valence-electron chi connectivity index (χ0n) is 16.2. The predicted octanol–water partition coefficient (Wildman–Crippen LogP) is 4.73. The molecule has 3 aromatic carbocycles. The number of amides is 1. The molecule has 0 bridgehead atoms. The summed E-state index contributed by atoms with van der Waals surface area (Å²) in [6, 6.07) is 18.7. The lowest BCUT2D eigenvalue weighted by Crippen LogP contribution is -2.30. The van der Waals surface area contributed by atoms with E-state index in [9.17, 15) is 9.59 Å². The van der Waals surface area contributed by atoms with Crippen molar-refractivity contribution >= 4 is 28.3 Å². The molecule has 5 nitrogen and oxygen atoms in total. The number of nitrogens with one attached hydrogen (secondary N) is 1. The van der Waals surface area contributed by atoms with Crippen LogP contribution in [-0.2, 0) is 9.53 Å². The first-order chi connectivity index (χ1) is 13.5. The summed E-state index contributed by atoms with van der Waals surface area (Å²) in [4.78, 5) is 24.7. The highest BCUT2D eigenvalue weighted by Crippen LogP contribution is 2.26. The summed E-state index contributed by atoms with van der Waals surface area (Å²) in [5.41, 5.74) is 1.65. The monoisotopic (exact) mass is 377 g/mol. The summed E-state index contributed by atoms with van der Waals surface area (Å²) >= 11 is 0. The quantitative estimate of drug-likeness (QED) is 0.631. The van der Waals surface area contributed by atoms with Crippen LogP contribution in [-0.4, -0.2) is 24.6 Å². The van der Waals surface area contributed by atoms with Crippen molar-refractivity contribution in [2.75, 3.05) is 11.9 Å². The van der Waals surface area contributed by atoms with Gasteiger partial charge in [0.05, 0.1) is 12.2 Å². The van der Waals surface area contributed by atoms with Crippen molar-refractivity contribution in [1.29, 1.82) is 0 Å². The van der Waals surface area contributed by atoms with Crippen LogP contribution >= 0.6 is 0 Å². The van der Waals surface area contributed by atoms with Gasteiger partial charge in [-0.3, -0.25) is 4.79 Å². The van der Waals surface area contributed by atoms with Gasteiger partial charge in [-0.2, -0.15) is 0 Å². The van der Waals surface area contributed by atoms with Gasteiger partial charge in [-0.05, 0) is 49.9 Å². The number of hydrogen-bond donors (Lipinski definition) is 1. The van der Waals surface area contributed by atoms with Gasteiger partial charge in [0.1, 0.15) is 5.75 Å². The maximum Gasteiger partial charge on any atom is 0.338 e. The van der Waals surface area contributed by atoms with Crippen molar-refractivity contribution in [2.45, 2.75) is 26.9 Å². The van der Waals surface area contributed by atoms with Crippen LogP contribution < -0.4 is 10.1 Å². The van der Waals surface area contributed by atoms with Crippen molar-refractivity contribution in [3.05, 3.63) is 71.8 Å². The van der Waals surface area contributed by atoms with E-state index in [1.165, 1.54) is 0 Å². The van der Waals surface area contributed by atoms with Gasteiger partial charge >= 0.3 is 5.97 Å². The fourth-order valence-electron chi connectivity index (χ4n) is 2.98. The number of carbonyl (C=O) groups excluding carboxylic acids is 2. The second-order valence-electron chi connectivity index (χ2n) is 6.43. The number of fused-ring (bicyclic) bond motifs is 1. The lowest BCUT2D eigenvalue weighted by atomic mass is 10.1. The third-order valence-corrected chi connectivity index (χ3v) is 4.51. The molecule has 1 amide bonds. The van der Waals surface area contributed by atoms with Crippen molar-refractivity contribution < 1.29 is 19.1 Å². The molecule has 1 N–H and O–H groups in total. The standard InChI is InChI=1S/C23H23NO4/c1-4-27-23(26)18-12-8-13-20(15(18)2)24-22(25)16(3)28-21-14-7-10-17-9-5-6-11-19(17)21/h5-14,16H,4H2,1-3H3,(H,24,25)/t16-/m0/s1. The van der Waals surface area contributed by atoms with Crippen molar-refractivity contribution in [2.24, 2.45) is 0 Å². The van der Waals surface area contributed by atoms with E-state index in [2.05, 4.69) is 5.32 Å². The van der Waals surface area contributed by atoms with E-state index in [0.717, 1.165) is 10.8 Å². The number of hydrogen-bond acceptors (Lipinski definition) is 4. The normalized spacial score (nSPS) is 11.7. The Bertz CT molecular complexity index is 1010. The molecule has 0 saturated heterocycles. The van der Waals surface area contributed by atoms with E-state index in [1.807, 2.05) is 42.5 Å². The van der Waals surface area contributed by atoms with Gasteiger partial charge in [-0.1, -0.05) is 42.5 Å². The van der Waals surface area contributed by atoms with E-state index < -0.39 is 12.1 Å². The number of ether oxygens (including phenoxy) is 2. The summed E-state index contributed by atoms with van der Waals surface area (Å²) < 4.78 is 11.0. The largest absolute Gasteiger partial charge is 0.480 e. The molecule has 0 fully saturated rings. The van der Waals surface area contributed by atoms with Crippen LogP contribution in [0, 0.1) is 6.92 Å². The van der Waals surface area contributed by atoms with Crippen LogP contribution in [0.5, 0.6) is 5.75 Å². The van der Waals surface area contributed by atoms with E-state index >= 15 is 0 Å². The Morgan fingerprint density at radius 3 is 2.50 bits per heavy atom. The number of carbonyl (C=O) groups is 2. The highest BCUT2D eigenvalue weighted by Gasteiger charge is 2.19. The molecule has 0 heterocycles. The van der Waals surface area contributed by atoms with Crippen LogP contribution in [0.1, 0.15) is 29.8 Å².